The second-order valence-electron chi connectivity index (χ2n) is 2.20. The fourth-order valence-electron chi connectivity index (χ4n) is 0.513. The van der Waals surface area contributed by atoms with Crippen LogP contribution in [0.3, 0.4) is 0 Å². The Kier molecular flexibility index (Phi) is 3.38. The summed E-state index contributed by atoms with van der Waals surface area (Å²) in [6, 6.07) is 1.42. The van der Waals surface area contributed by atoms with Crippen LogP contribution >= 0.6 is 0 Å². The standard InChI is InChI=1S/C7H10N2O3/c1-3-12-6(11)7(9,4-8)5(2)10/h3,9H2,1-2H3. The minimum absolute atomic E-state index is 0.0900. The summed E-state index contributed by atoms with van der Waals surface area (Å²) in [6.07, 6.45) is 0. The first-order chi connectivity index (χ1) is 5.49. The normalized spacial score (nSPS) is 14.2. The summed E-state index contributed by atoms with van der Waals surface area (Å²) in [5.41, 5.74) is 3.04. The van der Waals surface area contributed by atoms with Gasteiger partial charge >= 0.3 is 5.97 Å². The van der Waals surface area contributed by atoms with Gasteiger partial charge in [0, 0.05) is 0 Å². The van der Waals surface area contributed by atoms with Crippen LogP contribution < -0.4 is 5.73 Å². The largest absolute Gasteiger partial charge is 0.463 e. The summed E-state index contributed by atoms with van der Waals surface area (Å²) in [6.45, 7) is 2.72. The van der Waals surface area contributed by atoms with E-state index in [0.717, 1.165) is 6.92 Å². The van der Waals surface area contributed by atoms with E-state index < -0.39 is 17.3 Å². The SMILES string of the molecule is CCOC(=O)C(N)(C#N)C(C)=O. The molecule has 0 fully saturated rings. The minimum atomic E-state index is -2.14. The van der Waals surface area contributed by atoms with Crippen molar-refractivity contribution < 1.29 is 14.3 Å². The van der Waals surface area contributed by atoms with Crippen molar-refractivity contribution in [2.75, 3.05) is 6.61 Å². The number of hydrogen-bond donors (Lipinski definition) is 1. The molecule has 0 rings (SSSR count). The van der Waals surface area contributed by atoms with Crippen LogP contribution in [-0.2, 0) is 14.3 Å². The molecular weight excluding hydrogens is 160 g/mol. The topological polar surface area (TPSA) is 93.2 Å². The maximum Gasteiger partial charge on any atom is 0.348 e. The Morgan fingerprint density at radius 2 is 2.17 bits per heavy atom. The molecule has 0 amide bonds. The van der Waals surface area contributed by atoms with Gasteiger partial charge in [-0.15, -0.1) is 0 Å². The summed E-state index contributed by atoms with van der Waals surface area (Å²) in [7, 11) is 0. The maximum absolute atomic E-state index is 10.9. The van der Waals surface area contributed by atoms with E-state index in [1.807, 2.05) is 0 Å². The monoisotopic (exact) mass is 170 g/mol. The summed E-state index contributed by atoms with van der Waals surface area (Å²) in [4.78, 5) is 21.7. The van der Waals surface area contributed by atoms with Crippen LogP contribution in [0.25, 0.3) is 0 Å². The molecule has 1 atom stereocenters. The molecule has 0 aromatic rings. The second kappa shape index (κ2) is 3.83. The number of nitrogens with zero attached hydrogens (tertiary/aromatic N) is 1. The predicted octanol–water partition coefficient (Wildman–Crippen LogP) is -0.640. The van der Waals surface area contributed by atoms with Gasteiger partial charge in [0.05, 0.1) is 6.61 Å². The van der Waals surface area contributed by atoms with E-state index in [2.05, 4.69) is 4.74 Å². The quantitative estimate of drug-likeness (QED) is 0.449. The average Bonchev–Trinajstić information content (AvgIpc) is 2.03. The van der Waals surface area contributed by atoms with E-state index in [-0.39, 0.29) is 6.61 Å². The Labute approximate surface area is 70.1 Å². The second-order valence-corrected chi connectivity index (χ2v) is 2.20. The first-order valence-corrected chi connectivity index (χ1v) is 3.37. The van der Waals surface area contributed by atoms with Crippen molar-refractivity contribution in [3.8, 4) is 6.07 Å². The maximum atomic E-state index is 10.9. The molecule has 2 N–H and O–H groups in total. The number of nitrogens with two attached hydrogens (primary N) is 1. The molecule has 0 aromatic carbocycles. The predicted molar refractivity (Wildman–Crippen MR) is 39.8 cm³/mol. The number of ketones is 1. The van der Waals surface area contributed by atoms with Crippen LogP contribution in [-0.4, -0.2) is 23.9 Å². The Morgan fingerprint density at radius 3 is 2.42 bits per heavy atom. The van der Waals surface area contributed by atoms with Gasteiger partial charge in [-0.2, -0.15) is 5.26 Å². The minimum Gasteiger partial charge on any atom is -0.463 e. The lowest BCUT2D eigenvalue weighted by Crippen LogP contribution is -2.53. The zero-order chi connectivity index (χ0) is 9.78. The van der Waals surface area contributed by atoms with Crippen molar-refractivity contribution in [2.45, 2.75) is 19.4 Å². The van der Waals surface area contributed by atoms with Crippen molar-refractivity contribution >= 4 is 11.8 Å². The zero-order valence-electron chi connectivity index (χ0n) is 6.96. The molecule has 0 radical (unpaired) electrons. The molecule has 66 valence electrons. The van der Waals surface area contributed by atoms with Crippen molar-refractivity contribution in [1.82, 2.24) is 0 Å². The Bertz CT molecular complexity index is 244. The number of Topliss-reactive ketones (excluding diaryl/α,β-unsaturated/α-hetero) is 1. The fraction of sp³-hybridized carbons (Fsp3) is 0.571. The molecule has 0 bridgehead atoms. The van der Waals surface area contributed by atoms with Crippen LogP contribution in [0, 0.1) is 11.3 Å². The Hall–Kier alpha value is -1.41. The Balaban J connectivity index is 4.67. The Morgan fingerprint density at radius 1 is 1.67 bits per heavy atom. The third kappa shape index (κ3) is 1.80. The number of carbonyl (C=O) groups is 2. The van der Waals surface area contributed by atoms with Crippen molar-refractivity contribution in [1.29, 1.82) is 5.26 Å². The van der Waals surface area contributed by atoms with Crippen LogP contribution in [0.1, 0.15) is 13.8 Å². The van der Waals surface area contributed by atoms with Gasteiger partial charge in [-0.25, -0.2) is 4.79 Å². The summed E-state index contributed by atoms with van der Waals surface area (Å²) >= 11 is 0. The van der Waals surface area contributed by atoms with Gasteiger partial charge in [0.25, 0.3) is 5.54 Å². The highest BCUT2D eigenvalue weighted by atomic mass is 16.5. The number of ether oxygens (including phenoxy) is 1. The van der Waals surface area contributed by atoms with Gasteiger partial charge in [-0.1, -0.05) is 0 Å². The van der Waals surface area contributed by atoms with E-state index in [9.17, 15) is 9.59 Å². The van der Waals surface area contributed by atoms with Gasteiger partial charge in [0.2, 0.25) is 0 Å². The smallest absolute Gasteiger partial charge is 0.348 e. The van der Waals surface area contributed by atoms with E-state index in [0.29, 0.717) is 0 Å². The lowest BCUT2D eigenvalue weighted by Gasteiger charge is -2.14. The molecule has 0 spiro atoms. The van der Waals surface area contributed by atoms with Gasteiger partial charge in [0.15, 0.2) is 5.78 Å². The molecule has 0 aliphatic carbocycles. The van der Waals surface area contributed by atoms with Gasteiger partial charge in [0.1, 0.15) is 6.07 Å². The third-order valence-electron chi connectivity index (χ3n) is 1.33. The van der Waals surface area contributed by atoms with Crippen LogP contribution in [0.4, 0.5) is 0 Å². The number of rotatable bonds is 3. The molecule has 1 unspecified atom stereocenters. The summed E-state index contributed by atoms with van der Waals surface area (Å²) in [5, 5.41) is 8.46. The van der Waals surface area contributed by atoms with E-state index >= 15 is 0 Å². The molecule has 0 aliphatic heterocycles. The highest BCUT2D eigenvalue weighted by Crippen LogP contribution is 2.03. The number of esters is 1. The third-order valence-corrected chi connectivity index (χ3v) is 1.33. The first-order valence-electron chi connectivity index (χ1n) is 3.37. The molecule has 5 nitrogen and oxygen atoms in total. The van der Waals surface area contributed by atoms with E-state index in [1.165, 1.54) is 6.07 Å². The fourth-order valence-corrected chi connectivity index (χ4v) is 0.513. The van der Waals surface area contributed by atoms with E-state index in [4.69, 9.17) is 11.0 Å². The number of carbonyl (C=O) groups excluding carboxylic acids is 2. The number of hydrogen-bond acceptors (Lipinski definition) is 5. The molecular formula is C7H10N2O3. The lowest BCUT2D eigenvalue weighted by atomic mass is 9.99. The molecule has 12 heavy (non-hydrogen) atoms. The zero-order valence-corrected chi connectivity index (χ0v) is 6.96. The van der Waals surface area contributed by atoms with Crippen LogP contribution in [0.15, 0.2) is 0 Å². The van der Waals surface area contributed by atoms with Gasteiger partial charge in [-0.3, -0.25) is 10.5 Å². The highest BCUT2D eigenvalue weighted by molar-refractivity contribution is 6.10. The molecule has 0 aliphatic rings. The number of nitriles is 1. The molecule has 0 heterocycles. The first kappa shape index (κ1) is 10.6. The van der Waals surface area contributed by atoms with Crippen molar-refractivity contribution in [3.63, 3.8) is 0 Å². The van der Waals surface area contributed by atoms with E-state index in [1.54, 1.807) is 6.92 Å². The summed E-state index contributed by atoms with van der Waals surface area (Å²) < 4.78 is 4.45. The van der Waals surface area contributed by atoms with Gasteiger partial charge < -0.3 is 4.74 Å². The lowest BCUT2D eigenvalue weighted by molar-refractivity contribution is -0.150. The van der Waals surface area contributed by atoms with Crippen LogP contribution in [0.2, 0.25) is 0 Å². The molecule has 5 heteroatoms. The van der Waals surface area contributed by atoms with Gasteiger partial charge in [-0.05, 0) is 13.8 Å². The molecule has 0 saturated heterocycles. The van der Waals surface area contributed by atoms with Crippen molar-refractivity contribution in [2.24, 2.45) is 5.73 Å². The molecule has 0 aromatic heterocycles. The van der Waals surface area contributed by atoms with Crippen molar-refractivity contribution in [3.05, 3.63) is 0 Å². The summed E-state index contributed by atoms with van der Waals surface area (Å²) in [5.74, 6) is -1.72. The molecule has 0 saturated carbocycles. The van der Waals surface area contributed by atoms with Crippen LogP contribution in [0.5, 0.6) is 0 Å². The average molecular weight is 170 g/mol. The highest BCUT2D eigenvalue weighted by Gasteiger charge is 2.41.